The first kappa shape index (κ1) is 14.4. The normalized spacial score (nSPS) is 14.1. The molecule has 0 aromatic rings. The molecule has 0 aromatic heterocycles. The molecule has 90 valence electrons. The summed E-state index contributed by atoms with van der Waals surface area (Å²) >= 11 is 0. The van der Waals surface area contributed by atoms with Crippen molar-refractivity contribution in [3.05, 3.63) is 0 Å². The van der Waals surface area contributed by atoms with Crippen molar-refractivity contribution in [1.29, 1.82) is 0 Å². The Hall–Kier alpha value is -0.610. The van der Waals surface area contributed by atoms with Crippen LogP contribution in [-0.4, -0.2) is 42.6 Å². The van der Waals surface area contributed by atoms with Crippen LogP contribution < -0.4 is 5.73 Å². The van der Waals surface area contributed by atoms with Gasteiger partial charge >= 0.3 is 5.97 Å². The van der Waals surface area contributed by atoms with E-state index in [4.69, 9.17) is 10.5 Å². The molecule has 0 amide bonds. The van der Waals surface area contributed by atoms with Crippen molar-refractivity contribution in [3.63, 3.8) is 0 Å². The molecule has 0 heterocycles. The van der Waals surface area contributed by atoms with E-state index in [0.29, 0.717) is 13.2 Å². The van der Waals surface area contributed by atoms with Crippen LogP contribution in [0.25, 0.3) is 0 Å². The Bertz CT molecular complexity index is 205. The first-order chi connectivity index (χ1) is 6.85. The van der Waals surface area contributed by atoms with Crippen LogP contribution >= 0.6 is 0 Å². The third kappa shape index (κ3) is 4.62. The lowest BCUT2D eigenvalue weighted by molar-refractivity contribution is -0.145. The van der Waals surface area contributed by atoms with Gasteiger partial charge in [-0.3, -0.25) is 9.69 Å². The Labute approximate surface area is 92.8 Å². The van der Waals surface area contributed by atoms with Gasteiger partial charge in [0.25, 0.3) is 0 Å². The van der Waals surface area contributed by atoms with Crippen molar-refractivity contribution in [1.82, 2.24) is 4.90 Å². The van der Waals surface area contributed by atoms with Crippen LogP contribution in [0.4, 0.5) is 0 Å². The van der Waals surface area contributed by atoms with Crippen molar-refractivity contribution in [2.45, 2.75) is 45.7 Å². The first-order valence-corrected chi connectivity index (χ1v) is 5.48. The number of likely N-dealkylation sites (N-methyl/N-ethyl adjacent to an activating group) is 1. The van der Waals surface area contributed by atoms with Gasteiger partial charge in [-0.1, -0.05) is 6.92 Å². The van der Waals surface area contributed by atoms with Gasteiger partial charge in [-0.2, -0.15) is 0 Å². The molecule has 2 N–H and O–H groups in total. The predicted molar refractivity (Wildman–Crippen MR) is 61.6 cm³/mol. The molecular formula is C11H24N2O2. The number of carbonyl (C=O) groups excluding carboxylic acids is 1. The van der Waals surface area contributed by atoms with Gasteiger partial charge in [-0.05, 0) is 34.2 Å². The molecule has 0 aliphatic carbocycles. The molecule has 0 radical (unpaired) electrons. The van der Waals surface area contributed by atoms with Crippen molar-refractivity contribution >= 4 is 5.97 Å². The van der Waals surface area contributed by atoms with Crippen LogP contribution in [0, 0.1) is 0 Å². The molecule has 1 atom stereocenters. The van der Waals surface area contributed by atoms with E-state index >= 15 is 0 Å². The second kappa shape index (κ2) is 6.08. The van der Waals surface area contributed by atoms with Gasteiger partial charge in [-0.25, -0.2) is 0 Å². The van der Waals surface area contributed by atoms with Crippen LogP contribution in [0.15, 0.2) is 0 Å². The molecule has 0 spiro atoms. The van der Waals surface area contributed by atoms with E-state index in [-0.39, 0.29) is 11.5 Å². The van der Waals surface area contributed by atoms with Gasteiger partial charge in [-0.15, -0.1) is 0 Å². The van der Waals surface area contributed by atoms with E-state index in [1.807, 2.05) is 7.05 Å². The summed E-state index contributed by atoms with van der Waals surface area (Å²) in [4.78, 5) is 13.4. The molecule has 0 bridgehead atoms. The maximum atomic E-state index is 11.3. The minimum Gasteiger partial charge on any atom is -0.465 e. The zero-order valence-electron chi connectivity index (χ0n) is 10.5. The SMILES string of the molecule is CCOC(=O)C(N)CN(C)C(C)(C)CC. The molecule has 0 aliphatic heterocycles. The van der Waals surface area contributed by atoms with Crippen molar-refractivity contribution < 1.29 is 9.53 Å². The number of carbonyl (C=O) groups is 1. The minimum absolute atomic E-state index is 0.0596. The average molecular weight is 216 g/mol. The monoisotopic (exact) mass is 216 g/mol. The highest BCUT2D eigenvalue weighted by Crippen LogP contribution is 2.16. The summed E-state index contributed by atoms with van der Waals surface area (Å²) in [5.74, 6) is -0.323. The maximum absolute atomic E-state index is 11.3. The molecular weight excluding hydrogens is 192 g/mol. The Morgan fingerprint density at radius 3 is 2.40 bits per heavy atom. The second-order valence-electron chi connectivity index (χ2n) is 4.41. The highest BCUT2D eigenvalue weighted by atomic mass is 16.5. The van der Waals surface area contributed by atoms with Crippen molar-refractivity contribution in [2.75, 3.05) is 20.2 Å². The molecule has 0 rings (SSSR count). The number of nitrogens with zero attached hydrogens (tertiary/aromatic N) is 1. The van der Waals surface area contributed by atoms with E-state index < -0.39 is 6.04 Å². The topological polar surface area (TPSA) is 55.6 Å². The second-order valence-corrected chi connectivity index (χ2v) is 4.41. The van der Waals surface area contributed by atoms with Crippen LogP contribution in [-0.2, 0) is 9.53 Å². The zero-order chi connectivity index (χ0) is 12.1. The molecule has 0 aliphatic rings. The lowest BCUT2D eigenvalue weighted by atomic mass is 9.99. The molecule has 4 heteroatoms. The fourth-order valence-electron chi connectivity index (χ4n) is 1.14. The Morgan fingerprint density at radius 2 is 2.00 bits per heavy atom. The zero-order valence-corrected chi connectivity index (χ0v) is 10.5. The van der Waals surface area contributed by atoms with E-state index in [0.717, 1.165) is 6.42 Å². The summed E-state index contributed by atoms with van der Waals surface area (Å²) in [6, 6.07) is -0.555. The Morgan fingerprint density at radius 1 is 1.47 bits per heavy atom. The predicted octanol–water partition coefficient (Wildman–Crippen LogP) is 0.997. The number of rotatable bonds is 6. The molecule has 0 fully saturated rings. The number of ether oxygens (including phenoxy) is 1. The van der Waals surface area contributed by atoms with Gasteiger partial charge < -0.3 is 10.5 Å². The summed E-state index contributed by atoms with van der Waals surface area (Å²) in [6.45, 7) is 9.07. The van der Waals surface area contributed by atoms with Gasteiger partial charge in [0.05, 0.1) is 6.61 Å². The summed E-state index contributed by atoms with van der Waals surface area (Å²) in [5, 5.41) is 0. The lowest BCUT2D eigenvalue weighted by Gasteiger charge is -2.35. The average Bonchev–Trinajstić information content (AvgIpc) is 2.17. The fraction of sp³-hybridized carbons (Fsp3) is 0.909. The largest absolute Gasteiger partial charge is 0.465 e. The molecule has 0 saturated carbocycles. The van der Waals surface area contributed by atoms with Crippen molar-refractivity contribution in [3.8, 4) is 0 Å². The van der Waals surface area contributed by atoms with E-state index in [1.54, 1.807) is 6.92 Å². The number of esters is 1. The van der Waals surface area contributed by atoms with Crippen LogP contribution in [0.1, 0.15) is 34.1 Å². The number of hydrogen-bond donors (Lipinski definition) is 1. The number of hydrogen-bond acceptors (Lipinski definition) is 4. The molecule has 15 heavy (non-hydrogen) atoms. The standard InChI is InChI=1S/C11H24N2O2/c1-6-11(3,4)13(5)8-9(12)10(14)15-7-2/h9H,6-8,12H2,1-5H3. The molecule has 0 saturated heterocycles. The highest BCUT2D eigenvalue weighted by Gasteiger charge is 2.25. The smallest absolute Gasteiger partial charge is 0.324 e. The summed E-state index contributed by atoms with van der Waals surface area (Å²) in [5.41, 5.74) is 5.80. The van der Waals surface area contributed by atoms with Crippen LogP contribution in [0.3, 0.4) is 0 Å². The third-order valence-corrected chi connectivity index (χ3v) is 2.96. The number of nitrogens with two attached hydrogens (primary N) is 1. The Kier molecular flexibility index (Phi) is 5.83. The van der Waals surface area contributed by atoms with Crippen LogP contribution in [0.2, 0.25) is 0 Å². The first-order valence-electron chi connectivity index (χ1n) is 5.48. The molecule has 1 unspecified atom stereocenters. The Balaban J connectivity index is 4.17. The minimum atomic E-state index is -0.555. The van der Waals surface area contributed by atoms with Gasteiger partial charge in [0.15, 0.2) is 0 Å². The fourth-order valence-corrected chi connectivity index (χ4v) is 1.14. The van der Waals surface area contributed by atoms with Gasteiger partial charge in [0.1, 0.15) is 6.04 Å². The highest BCUT2D eigenvalue weighted by molar-refractivity contribution is 5.75. The van der Waals surface area contributed by atoms with Crippen LogP contribution in [0.5, 0.6) is 0 Å². The lowest BCUT2D eigenvalue weighted by Crippen LogP contribution is -2.49. The quantitative estimate of drug-likeness (QED) is 0.673. The van der Waals surface area contributed by atoms with Gasteiger partial charge in [0.2, 0.25) is 0 Å². The van der Waals surface area contributed by atoms with E-state index in [9.17, 15) is 4.79 Å². The maximum Gasteiger partial charge on any atom is 0.324 e. The van der Waals surface area contributed by atoms with E-state index in [1.165, 1.54) is 0 Å². The summed E-state index contributed by atoms with van der Waals surface area (Å²) in [7, 11) is 1.97. The molecule has 0 aromatic carbocycles. The summed E-state index contributed by atoms with van der Waals surface area (Å²) < 4.78 is 4.86. The third-order valence-electron chi connectivity index (χ3n) is 2.96. The molecule has 4 nitrogen and oxygen atoms in total. The van der Waals surface area contributed by atoms with E-state index in [2.05, 4.69) is 25.7 Å². The van der Waals surface area contributed by atoms with Gasteiger partial charge in [0, 0.05) is 12.1 Å². The van der Waals surface area contributed by atoms with Crippen molar-refractivity contribution in [2.24, 2.45) is 5.73 Å². The summed E-state index contributed by atoms with van der Waals surface area (Å²) in [6.07, 6.45) is 1.01.